The number of aliphatic hydroxyl groups is 3. The first-order chi connectivity index (χ1) is 34.5. The van der Waals surface area contributed by atoms with Gasteiger partial charge >= 0.3 is 0 Å². The topological polar surface area (TPSA) is 89.8 Å². The number of hydrogen-bond acceptors (Lipinski definition) is 4. The van der Waals surface area contributed by atoms with Crippen molar-refractivity contribution in [1.82, 2.24) is 5.32 Å². The first-order valence-electron chi connectivity index (χ1n) is 31.8. The molecular formula is C65H125NO4. The van der Waals surface area contributed by atoms with Gasteiger partial charge in [0.25, 0.3) is 0 Å². The zero-order chi connectivity index (χ0) is 50.7. The molecule has 5 nitrogen and oxygen atoms in total. The third-order valence-corrected chi connectivity index (χ3v) is 14.9. The summed E-state index contributed by atoms with van der Waals surface area (Å²) in [5.74, 6) is -0.311. The molecule has 0 heterocycles. The summed E-state index contributed by atoms with van der Waals surface area (Å²) < 4.78 is 0. The van der Waals surface area contributed by atoms with Crippen molar-refractivity contribution in [2.45, 2.75) is 366 Å². The highest BCUT2D eigenvalue weighted by atomic mass is 16.3. The van der Waals surface area contributed by atoms with E-state index in [-0.39, 0.29) is 18.9 Å². The molecule has 5 heteroatoms. The SMILES string of the molecule is CCCCCCCCCCCCCCCCC/C=C\C/C=C\CCCCCCCCCCCCCCCCCC(O)CC(=O)NC(CO)C(O)/C=C/CCCCCCCCCCCCCCCCCC. The van der Waals surface area contributed by atoms with Gasteiger partial charge in [-0.05, 0) is 51.4 Å². The lowest BCUT2D eigenvalue weighted by Gasteiger charge is -2.21. The first-order valence-corrected chi connectivity index (χ1v) is 31.8. The Kier molecular flexibility index (Phi) is 58.9. The average Bonchev–Trinajstić information content (AvgIpc) is 3.36. The van der Waals surface area contributed by atoms with Gasteiger partial charge in [0, 0.05) is 0 Å². The Morgan fingerprint density at radius 2 is 0.643 bits per heavy atom. The zero-order valence-electron chi connectivity index (χ0n) is 47.4. The Morgan fingerprint density at radius 3 is 0.943 bits per heavy atom. The fourth-order valence-electron chi connectivity index (χ4n) is 10.1. The highest BCUT2D eigenvalue weighted by Gasteiger charge is 2.20. The highest BCUT2D eigenvalue weighted by Crippen LogP contribution is 2.18. The molecule has 0 radical (unpaired) electrons. The van der Waals surface area contributed by atoms with Gasteiger partial charge in [-0.1, -0.05) is 326 Å². The van der Waals surface area contributed by atoms with Crippen molar-refractivity contribution < 1.29 is 20.1 Å². The van der Waals surface area contributed by atoms with Gasteiger partial charge in [-0.3, -0.25) is 4.79 Å². The molecule has 3 atom stereocenters. The van der Waals surface area contributed by atoms with Crippen LogP contribution >= 0.6 is 0 Å². The van der Waals surface area contributed by atoms with Crippen LogP contribution in [0.3, 0.4) is 0 Å². The Labute approximate surface area is 438 Å². The summed E-state index contributed by atoms with van der Waals surface area (Å²) in [6, 6.07) is -0.745. The Bertz CT molecular complexity index is 1090. The maximum Gasteiger partial charge on any atom is 0.222 e. The van der Waals surface area contributed by atoms with Gasteiger partial charge in [-0.15, -0.1) is 0 Å². The molecule has 0 bridgehead atoms. The van der Waals surface area contributed by atoms with Gasteiger partial charge in [0.1, 0.15) is 0 Å². The Hall–Kier alpha value is -1.43. The molecule has 0 saturated heterocycles. The normalized spacial score (nSPS) is 13.4. The van der Waals surface area contributed by atoms with Gasteiger partial charge in [-0.25, -0.2) is 0 Å². The van der Waals surface area contributed by atoms with Crippen molar-refractivity contribution in [1.29, 1.82) is 0 Å². The summed E-state index contributed by atoms with van der Waals surface area (Å²) in [7, 11) is 0. The van der Waals surface area contributed by atoms with Gasteiger partial charge in [0.15, 0.2) is 0 Å². The lowest BCUT2D eigenvalue weighted by atomic mass is 10.0. The molecule has 0 rings (SSSR count). The van der Waals surface area contributed by atoms with Crippen LogP contribution in [0.4, 0.5) is 0 Å². The molecule has 0 saturated carbocycles. The Morgan fingerprint density at radius 1 is 0.371 bits per heavy atom. The number of carbonyl (C=O) groups is 1. The molecule has 0 aromatic heterocycles. The van der Waals surface area contributed by atoms with Crippen LogP contribution in [-0.2, 0) is 4.79 Å². The second-order valence-corrected chi connectivity index (χ2v) is 22.0. The molecule has 0 aliphatic carbocycles. The summed E-state index contributed by atoms with van der Waals surface area (Å²) in [6.45, 7) is 4.25. The smallest absolute Gasteiger partial charge is 0.222 e. The third kappa shape index (κ3) is 55.9. The number of nitrogens with one attached hydrogen (secondary N) is 1. The van der Waals surface area contributed by atoms with Crippen molar-refractivity contribution in [3.63, 3.8) is 0 Å². The van der Waals surface area contributed by atoms with E-state index in [4.69, 9.17) is 0 Å². The van der Waals surface area contributed by atoms with Crippen LogP contribution in [0.5, 0.6) is 0 Å². The summed E-state index contributed by atoms with van der Waals surface area (Å²) in [6.07, 6.45) is 79.4. The monoisotopic (exact) mass is 984 g/mol. The summed E-state index contributed by atoms with van der Waals surface area (Å²) in [5.41, 5.74) is 0. The van der Waals surface area contributed by atoms with Crippen molar-refractivity contribution in [2.24, 2.45) is 0 Å². The number of unbranched alkanes of at least 4 members (excludes halogenated alkanes) is 46. The molecule has 0 fully saturated rings. The first kappa shape index (κ1) is 68.6. The van der Waals surface area contributed by atoms with E-state index >= 15 is 0 Å². The van der Waals surface area contributed by atoms with Gasteiger partial charge in [-0.2, -0.15) is 0 Å². The minimum Gasteiger partial charge on any atom is -0.394 e. The zero-order valence-corrected chi connectivity index (χ0v) is 47.4. The second-order valence-electron chi connectivity index (χ2n) is 22.0. The van der Waals surface area contributed by atoms with E-state index < -0.39 is 18.2 Å². The maximum absolute atomic E-state index is 12.5. The number of aliphatic hydroxyl groups excluding tert-OH is 3. The molecule has 1 amide bonds. The number of allylic oxidation sites excluding steroid dienone is 5. The van der Waals surface area contributed by atoms with E-state index in [0.717, 1.165) is 32.1 Å². The van der Waals surface area contributed by atoms with Crippen LogP contribution in [0.25, 0.3) is 0 Å². The predicted octanol–water partition coefficient (Wildman–Crippen LogP) is 20.2. The fraction of sp³-hybridized carbons (Fsp3) is 0.892. The van der Waals surface area contributed by atoms with E-state index in [1.54, 1.807) is 6.08 Å². The molecular weight excluding hydrogens is 859 g/mol. The van der Waals surface area contributed by atoms with Crippen molar-refractivity contribution in [3.05, 3.63) is 36.5 Å². The lowest BCUT2D eigenvalue weighted by Crippen LogP contribution is -2.45. The van der Waals surface area contributed by atoms with Crippen molar-refractivity contribution in [2.75, 3.05) is 6.61 Å². The number of hydrogen-bond donors (Lipinski definition) is 4. The molecule has 0 aliphatic rings. The average molecular weight is 985 g/mol. The molecule has 0 spiro atoms. The van der Waals surface area contributed by atoms with Gasteiger partial charge < -0.3 is 20.6 Å². The van der Waals surface area contributed by atoms with E-state index in [1.807, 2.05) is 6.08 Å². The third-order valence-electron chi connectivity index (χ3n) is 14.9. The maximum atomic E-state index is 12.5. The number of carbonyl (C=O) groups excluding carboxylic acids is 1. The van der Waals surface area contributed by atoms with E-state index in [0.29, 0.717) is 6.42 Å². The standard InChI is InChI=1S/C65H125NO4/c1-3-5-7-9-11-13-15-17-19-21-23-24-25-26-27-28-29-30-31-32-33-34-35-36-37-38-39-40-41-42-44-46-48-50-52-54-56-58-62(68)60-65(70)66-63(61-67)64(69)59-57-55-53-51-49-47-45-43-22-20-18-16-14-12-10-8-6-4-2/h29-30,32-33,57,59,62-64,67-69H,3-28,31,34-56,58,60-61H2,1-2H3,(H,66,70)/b30-29-,33-32-,59-57+. The Balaban J connectivity index is 3.49. The molecule has 414 valence electrons. The van der Waals surface area contributed by atoms with Crippen LogP contribution in [0, 0.1) is 0 Å². The summed E-state index contributed by atoms with van der Waals surface area (Å²) in [5, 5.41) is 33.5. The second kappa shape index (κ2) is 60.1. The minimum absolute atomic E-state index is 0.0155. The van der Waals surface area contributed by atoms with Gasteiger partial charge in [0.2, 0.25) is 5.91 Å². The highest BCUT2D eigenvalue weighted by molar-refractivity contribution is 5.76. The van der Waals surface area contributed by atoms with Crippen molar-refractivity contribution >= 4 is 5.91 Å². The van der Waals surface area contributed by atoms with Crippen LogP contribution in [-0.4, -0.2) is 46.1 Å². The molecule has 0 aromatic carbocycles. The van der Waals surface area contributed by atoms with Crippen LogP contribution in [0.1, 0.15) is 348 Å². The van der Waals surface area contributed by atoms with Crippen molar-refractivity contribution in [3.8, 4) is 0 Å². The van der Waals surface area contributed by atoms with Gasteiger partial charge in [0.05, 0.1) is 31.3 Å². The minimum atomic E-state index is -0.929. The number of rotatable bonds is 59. The van der Waals surface area contributed by atoms with E-state index in [2.05, 4.69) is 43.5 Å². The summed E-state index contributed by atoms with van der Waals surface area (Å²) >= 11 is 0. The predicted molar refractivity (Wildman–Crippen MR) is 310 cm³/mol. The van der Waals surface area contributed by atoms with Crippen LogP contribution in [0.2, 0.25) is 0 Å². The molecule has 4 N–H and O–H groups in total. The molecule has 0 aromatic rings. The van der Waals surface area contributed by atoms with Crippen LogP contribution < -0.4 is 5.32 Å². The largest absolute Gasteiger partial charge is 0.394 e. The molecule has 3 unspecified atom stereocenters. The molecule has 70 heavy (non-hydrogen) atoms. The number of amides is 1. The van der Waals surface area contributed by atoms with E-state index in [9.17, 15) is 20.1 Å². The fourth-order valence-corrected chi connectivity index (χ4v) is 10.1. The molecule has 0 aliphatic heterocycles. The van der Waals surface area contributed by atoms with Crippen LogP contribution in [0.15, 0.2) is 36.5 Å². The summed E-state index contributed by atoms with van der Waals surface area (Å²) in [4.78, 5) is 12.5. The lowest BCUT2D eigenvalue weighted by molar-refractivity contribution is -0.124. The van der Waals surface area contributed by atoms with E-state index in [1.165, 1.54) is 289 Å². The quantitative estimate of drug-likeness (QED) is 0.0361.